The molecule has 1 rings (SSSR count). The van der Waals surface area contributed by atoms with Crippen LogP contribution in [-0.4, -0.2) is 27.9 Å². The van der Waals surface area contributed by atoms with E-state index in [1.54, 1.807) is 0 Å². The van der Waals surface area contributed by atoms with E-state index < -0.39 is 18.9 Å². The first-order chi connectivity index (χ1) is 6.88. The molecule has 0 spiro atoms. The Hall–Kier alpha value is -1.37. The lowest BCUT2D eigenvalue weighted by Crippen LogP contribution is -2.19. The number of aliphatic hydroxyl groups is 1. The van der Waals surface area contributed by atoms with Gasteiger partial charge in [0.2, 0.25) is 5.88 Å². The largest absolute Gasteiger partial charge is 0.468 e. The van der Waals surface area contributed by atoms with Gasteiger partial charge in [0.05, 0.1) is 11.8 Å². The third-order valence-corrected chi connectivity index (χ3v) is 1.47. The molecule has 0 aliphatic rings. The van der Waals surface area contributed by atoms with Gasteiger partial charge >= 0.3 is 6.18 Å². The van der Waals surface area contributed by atoms with E-state index in [-0.39, 0.29) is 11.6 Å². The summed E-state index contributed by atoms with van der Waals surface area (Å²) in [6.07, 6.45) is -4.25. The zero-order chi connectivity index (χ0) is 11.5. The van der Waals surface area contributed by atoms with E-state index >= 15 is 0 Å². The Morgan fingerprint density at radius 3 is 2.67 bits per heavy atom. The van der Waals surface area contributed by atoms with Crippen molar-refractivity contribution in [2.24, 2.45) is 0 Å². The molecule has 7 heteroatoms. The molecule has 1 heterocycles. The molecule has 1 N–H and O–H groups in total. The molecule has 15 heavy (non-hydrogen) atoms. The second-order valence-electron chi connectivity index (χ2n) is 2.86. The topological polar surface area (TPSA) is 55.2 Å². The molecule has 0 fully saturated rings. The highest BCUT2D eigenvalue weighted by molar-refractivity contribution is 5.14. The number of alkyl halides is 3. The highest BCUT2D eigenvalue weighted by atomic mass is 19.4. The Kier molecular flexibility index (Phi) is 3.46. The molecule has 1 aromatic heterocycles. The van der Waals surface area contributed by atoms with Crippen LogP contribution in [0.1, 0.15) is 18.7 Å². The normalized spacial score (nSPS) is 13.7. The lowest BCUT2D eigenvalue weighted by Gasteiger charge is -2.09. The van der Waals surface area contributed by atoms with Gasteiger partial charge in [-0.3, -0.25) is 0 Å². The van der Waals surface area contributed by atoms with Crippen molar-refractivity contribution in [3.63, 3.8) is 0 Å². The van der Waals surface area contributed by atoms with Crippen LogP contribution in [-0.2, 0) is 0 Å². The van der Waals surface area contributed by atoms with Crippen molar-refractivity contribution >= 4 is 0 Å². The van der Waals surface area contributed by atoms with Crippen molar-refractivity contribution < 1.29 is 23.0 Å². The van der Waals surface area contributed by atoms with Crippen LogP contribution in [0.5, 0.6) is 5.88 Å². The van der Waals surface area contributed by atoms with E-state index in [1.807, 2.05) is 0 Å². The summed E-state index contributed by atoms with van der Waals surface area (Å²) in [6.45, 7) is 0.0269. The van der Waals surface area contributed by atoms with Gasteiger partial charge in [-0.2, -0.15) is 13.2 Å². The maximum Gasteiger partial charge on any atom is 0.422 e. The second kappa shape index (κ2) is 4.43. The van der Waals surface area contributed by atoms with Gasteiger partial charge < -0.3 is 9.84 Å². The van der Waals surface area contributed by atoms with Gasteiger partial charge in [0.1, 0.15) is 6.33 Å². The van der Waals surface area contributed by atoms with Crippen LogP contribution < -0.4 is 4.74 Å². The maximum atomic E-state index is 11.8. The molecule has 84 valence electrons. The SMILES string of the molecule is CC(O)c1cc(OCC(F)(F)F)ncn1. The molecule has 0 aliphatic carbocycles. The lowest BCUT2D eigenvalue weighted by atomic mass is 10.3. The molecular formula is C8H9F3N2O2. The van der Waals surface area contributed by atoms with Crippen LogP contribution in [0.15, 0.2) is 12.4 Å². The van der Waals surface area contributed by atoms with E-state index in [0.29, 0.717) is 0 Å². The summed E-state index contributed by atoms with van der Waals surface area (Å²) < 4.78 is 39.7. The molecule has 0 radical (unpaired) electrons. The van der Waals surface area contributed by atoms with Crippen molar-refractivity contribution in [3.05, 3.63) is 18.1 Å². The van der Waals surface area contributed by atoms with Crippen molar-refractivity contribution in [1.29, 1.82) is 0 Å². The number of ether oxygens (including phenoxy) is 1. The minimum Gasteiger partial charge on any atom is -0.468 e. The molecular weight excluding hydrogens is 213 g/mol. The summed E-state index contributed by atoms with van der Waals surface area (Å²) in [5.74, 6) is -0.210. The van der Waals surface area contributed by atoms with Gasteiger partial charge in [-0.1, -0.05) is 0 Å². The second-order valence-corrected chi connectivity index (χ2v) is 2.86. The summed E-state index contributed by atoms with van der Waals surface area (Å²) in [5.41, 5.74) is 0.210. The predicted molar refractivity (Wildman–Crippen MR) is 44.2 cm³/mol. The van der Waals surface area contributed by atoms with Gasteiger partial charge in [0.15, 0.2) is 6.61 Å². The smallest absolute Gasteiger partial charge is 0.422 e. The molecule has 0 bridgehead atoms. The van der Waals surface area contributed by atoms with Gasteiger partial charge in [0.25, 0.3) is 0 Å². The zero-order valence-electron chi connectivity index (χ0n) is 7.82. The van der Waals surface area contributed by atoms with Crippen LogP contribution >= 0.6 is 0 Å². The van der Waals surface area contributed by atoms with Gasteiger partial charge in [-0.25, -0.2) is 9.97 Å². The van der Waals surface area contributed by atoms with Gasteiger partial charge in [-0.15, -0.1) is 0 Å². The summed E-state index contributed by atoms with van der Waals surface area (Å²) in [4.78, 5) is 7.14. The van der Waals surface area contributed by atoms with Crippen molar-refractivity contribution in [3.8, 4) is 5.88 Å². The molecule has 1 atom stereocenters. The molecule has 0 aliphatic heterocycles. The average Bonchev–Trinajstić information content (AvgIpc) is 2.14. The van der Waals surface area contributed by atoms with Gasteiger partial charge in [-0.05, 0) is 6.92 Å². The summed E-state index contributed by atoms with van der Waals surface area (Å²) in [5, 5.41) is 9.11. The van der Waals surface area contributed by atoms with Crippen molar-refractivity contribution in [2.75, 3.05) is 6.61 Å². The Bertz CT molecular complexity index is 328. The van der Waals surface area contributed by atoms with E-state index in [0.717, 1.165) is 12.4 Å². The molecule has 0 saturated carbocycles. The average molecular weight is 222 g/mol. The van der Waals surface area contributed by atoms with Crippen LogP contribution in [0.2, 0.25) is 0 Å². The quantitative estimate of drug-likeness (QED) is 0.841. The first kappa shape index (κ1) is 11.7. The number of nitrogens with zero attached hydrogens (tertiary/aromatic N) is 2. The highest BCUT2D eigenvalue weighted by Crippen LogP contribution is 2.18. The molecule has 1 aromatic rings. The number of halogens is 3. The number of aromatic nitrogens is 2. The zero-order valence-corrected chi connectivity index (χ0v) is 7.82. The first-order valence-electron chi connectivity index (χ1n) is 4.08. The van der Waals surface area contributed by atoms with Crippen LogP contribution in [0, 0.1) is 0 Å². The van der Waals surface area contributed by atoms with E-state index in [4.69, 9.17) is 5.11 Å². The van der Waals surface area contributed by atoms with Gasteiger partial charge in [0, 0.05) is 6.07 Å². The fourth-order valence-electron chi connectivity index (χ4n) is 0.817. The van der Waals surface area contributed by atoms with Crippen LogP contribution in [0.3, 0.4) is 0 Å². The number of aliphatic hydroxyl groups excluding tert-OH is 1. The number of rotatable bonds is 3. The third-order valence-electron chi connectivity index (χ3n) is 1.47. The number of hydrogen-bond donors (Lipinski definition) is 1. The standard InChI is InChI=1S/C8H9F3N2O2/c1-5(14)6-2-7(13-4-12-6)15-3-8(9,10)11/h2,4-5,14H,3H2,1H3. The lowest BCUT2D eigenvalue weighted by molar-refractivity contribution is -0.154. The monoisotopic (exact) mass is 222 g/mol. The Balaban J connectivity index is 2.66. The number of hydrogen-bond acceptors (Lipinski definition) is 4. The molecule has 0 saturated heterocycles. The fraction of sp³-hybridized carbons (Fsp3) is 0.500. The minimum absolute atomic E-state index is 0.210. The molecule has 1 unspecified atom stereocenters. The molecule has 0 aromatic carbocycles. The van der Waals surface area contributed by atoms with E-state index in [2.05, 4.69) is 14.7 Å². The van der Waals surface area contributed by atoms with Crippen LogP contribution in [0.25, 0.3) is 0 Å². The Labute approximate surface area is 83.7 Å². The molecule has 0 amide bonds. The summed E-state index contributed by atoms with van der Waals surface area (Å²) in [7, 11) is 0. The Morgan fingerprint density at radius 1 is 1.47 bits per heavy atom. The highest BCUT2D eigenvalue weighted by Gasteiger charge is 2.28. The minimum atomic E-state index is -4.41. The predicted octanol–water partition coefficient (Wildman–Crippen LogP) is 1.47. The van der Waals surface area contributed by atoms with Crippen molar-refractivity contribution in [2.45, 2.75) is 19.2 Å². The van der Waals surface area contributed by atoms with Crippen molar-refractivity contribution in [1.82, 2.24) is 9.97 Å². The fourth-order valence-corrected chi connectivity index (χ4v) is 0.817. The van der Waals surface area contributed by atoms with Crippen LogP contribution in [0.4, 0.5) is 13.2 Å². The third kappa shape index (κ3) is 4.11. The summed E-state index contributed by atoms with van der Waals surface area (Å²) >= 11 is 0. The maximum absolute atomic E-state index is 11.8. The first-order valence-corrected chi connectivity index (χ1v) is 4.08. The van der Waals surface area contributed by atoms with E-state index in [1.165, 1.54) is 6.92 Å². The molecule has 4 nitrogen and oxygen atoms in total. The van der Waals surface area contributed by atoms with E-state index in [9.17, 15) is 13.2 Å². The summed E-state index contributed by atoms with van der Waals surface area (Å²) in [6, 6.07) is 1.16. The Morgan fingerprint density at radius 2 is 2.13 bits per heavy atom.